The third-order valence-corrected chi connectivity index (χ3v) is 11.3. The monoisotopic (exact) mass is 358 g/mol. The molecule has 1 heterocycles. The Hall–Kier alpha value is -1.46. The Morgan fingerprint density at radius 1 is 1.20 bits per heavy atom. The summed E-state index contributed by atoms with van der Waals surface area (Å²) in [5.41, 5.74) is -1.25. The van der Waals surface area contributed by atoms with Crippen molar-refractivity contribution in [3.63, 3.8) is 0 Å². The van der Waals surface area contributed by atoms with Crippen LogP contribution in [-0.4, -0.2) is 38.6 Å². The summed E-state index contributed by atoms with van der Waals surface area (Å²) in [6.45, 7) is 4.58. The van der Waals surface area contributed by atoms with Gasteiger partial charge in [-0.15, -0.1) is 0 Å². The van der Waals surface area contributed by atoms with Crippen molar-refractivity contribution in [1.82, 2.24) is 0 Å². The number of hydrogen-bond acceptors (Lipinski definition) is 4. The molecule has 2 saturated carbocycles. The number of carbonyl (C=O) groups excluding carboxylic acids is 2. The van der Waals surface area contributed by atoms with Gasteiger partial charge in [0.15, 0.2) is 5.78 Å². The first-order valence-electron chi connectivity index (χ1n) is 9.24. The Balaban J connectivity index is 1.87. The van der Waals surface area contributed by atoms with E-state index in [1.807, 2.05) is 18.2 Å². The molecule has 3 aliphatic rings. The molecule has 0 aromatic heterocycles. The van der Waals surface area contributed by atoms with Gasteiger partial charge in [-0.1, -0.05) is 61.5 Å². The van der Waals surface area contributed by atoms with E-state index in [4.69, 9.17) is 9.47 Å². The van der Waals surface area contributed by atoms with Crippen LogP contribution in [0.1, 0.15) is 32.1 Å². The third kappa shape index (κ3) is 2.08. The van der Waals surface area contributed by atoms with E-state index in [1.54, 1.807) is 0 Å². The second-order valence-electron chi connectivity index (χ2n) is 8.37. The highest BCUT2D eigenvalue weighted by molar-refractivity contribution is 6.91. The fraction of sp³-hybridized carbons (Fsp3) is 0.600. The van der Waals surface area contributed by atoms with Crippen LogP contribution in [0.4, 0.5) is 0 Å². The van der Waals surface area contributed by atoms with E-state index in [1.165, 1.54) is 12.3 Å². The van der Waals surface area contributed by atoms with Crippen molar-refractivity contribution in [2.75, 3.05) is 7.11 Å². The van der Waals surface area contributed by atoms with E-state index in [0.29, 0.717) is 6.42 Å². The lowest BCUT2D eigenvalue weighted by atomic mass is 9.58. The number of rotatable bonds is 3. The molecule has 2 aliphatic carbocycles. The zero-order valence-electron chi connectivity index (χ0n) is 15.2. The highest BCUT2D eigenvalue weighted by Crippen LogP contribution is 2.69. The smallest absolute Gasteiger partial charge is 0.314 e. The van der Waals surface area contributed by atoms with Gasteiger partial charge in [0.1, 0.15) is 17.1 Å². The van der Waals surface area contributed by atoms with Crippen LogP contribution in [-0.2, 0) is 19.1 Å². The van der Waals surface area contributed by atoms with Gasteiger partial charge in [0, 0.05) is 6.42 Å². The third-order valence-electron chi connectivity index (χ3n) is 7.05. The summed E-state index contributed by atoms with van der Waals surface area (Å²) < 4.78 is 11.4. The number of Topliss-reactive ketones (excluding diaryl/α,β-unsaturated/α-hetero) is 1. The molecule has 1 saturated heterocycles. The molecule has 0 bridgehead atoms. The number of carbonyl (C=O) groups is 2. The molecule has 3 fully saturated rings. The minimum atomic E-state index is -2.10. The zero-order valence-corrected chi connectivity index (χ0v) is 16.2. The molecule has 0 unspecified atom stereocenters. The number of ether oxygens (including phenoxy) is 2. The molecule has 0 radical (unpaired) electrons. The van der Waals surface area contributed by atoms with E-state index in [0.717, 1.165) is 25.7 Å². The fourth-order valence-corrected chi connectivity index (χ4v) is 9.65. The van der Waals surface area contributed by atoms with Crippen LogP contribution in [0.15, 0.2) is 30.3 Å². The van der Waals surface area contributed by atoms with Crippen molar-refractivity contribution < 1.29 is 19.1 Å². The second-order valence-corrected chi connectivity index (χ2v) is 13.1. The van der Waals surface area contributed by atoms with E-state index >= 15 is 0 Å². The van der Waals surface area contributed by atoms with Crippen LogP contribution in [0.2, 0.25) is 18.6 Å². The van der Waals surface area contributed by atoms with Gasteiger partial charge in [-0.2, -0.15) is 0 Å². The first-order chi connectivity index (χ1) is 11.9. The van der Waals surface area contributed by atoms with Crippen LogP contribution in [0, 0.1) is 5.41 Å². The molecule has 1 aliphatic heterocycles. The van der Waals surface area contributed by atoms with Gasteiger partial charge in [-0.05, 0) is 18.4 Å². The first-order valence-corrected chi connectivity index (χ1v) is 12.3. The Labute approximate surface area is 149 Å². The number of esters is 1. The van der Waals surface area contributed by atoms with E-state index in [2.05, 4.69) is 25.2 Å². The standard InChI is InChI=1S/C20H26O4Si/c1-23-18(22)19-11-7-8-12-20(19)17(24-20)15(21)13-16(19)25(2,3)14-9-5-4-6-10-14/h4-6,9-10,16-17H,7-8,11-13H2,1-3H3/t16-,17+,19+,20+/m1/s1. The van der Waals surface area contributed by atoms with Crippen LogP contribution in [0.5, 0.6) is 0 Å². The average Bonchev–Trinajstić information content (AvgIpc) is 3.37. The van der Waals surface area contributed by atoms with Gasteiger partial charge in [0.2, 0.25) is 0 Å². The maximum absolute atomic E-state index is 13.2. The number of benzene rings is 1. The molecule has 1 spiro atoms. The van der Waals surface area contributed by atoms with Gasteiger partial charge in [-0.3, -0.25) is 9.59 Å². The summed E-state index contributed by atoms with van der Waals surface area (Å²) in [6, 6.07) is 10.4. The van der Waals surface area contributed by atoms with Crippen LogP contribution >= 0.6 is 0 Å². The molecule has 0 N–H and O–H groups in total. The van der Waals surface area contributed by atoms with Crippen molar-refractivity contribution in [3.05, 3.63) is 30.3 Å². The molecule has 1 aromatic carbocycles. The van der Waals surface area contributed by atoms with Gasteiger partial charge in [0.05, 0.1) is 15.2 Å². The van der Waals surface area contributed by atoms with E-state index < -0.39 is 19.1 Å². The van der Waals surface area contributed by atoms with Crippen molar-refractivity contribution >= 4 is 25.0 Å². The van der Waals surface area contributed by atoms with Gasteiger partial charge >= 0.3 is 5.97 Å². The van der Waals surface area contributed by atoms with E-state index in [9.17, 15) is 9.59 Å². The number of methoxy groups -OCH3 is 1. The zero-order chi connectivity index (χ0) is 17.9. The maximum atomic E-state index is 13.2. The predicted octanol–water partition coefficient (Wildman–Crippen LogP) is 2.82. The highest BCUT2D eigenvalue weighted by atomic mass is 28.3. The molecule has 0 amide bonds. The normalized spacial score (nSPS) is 37.0. The minimum absolute atomic E-state index is 0.0152. The van der Waals surface area contributed by atoms with Crippen LogP contribution in [0.25, 0.3) is 0 Å². The molecular weight excluding hydrogens is 332 g/mol. The number of ketones is 1. The maximum Gasteiger partial charge on any atom is 0.314 e. The van der Waals surface area contributed by atoms with Gasteiger partial charge in [0.25, 0.3) is 0 Å². The minimum Gasteiger partial charge on any atom is -0.469 e. The van der Waals surface area contributed by atoms with Crippen LogP contribution < -0.4 is 5.19 Å². The molecule has 134 valence electrons. The van der Waals surface area contributed by atoms with Crippen molar-refractivity contribution in [2.24, 2.45) is 5.41 Å². The molecular formula is C20H26O4Si. The summed E-state index contributed by atoms with van der Waals surface area (Å²) in [6.07, 6.45) is 3.64. The summed E-state index contributed by atoms with van der Waals surface area (Å²) in [5.74, 6) is 0.0200. The Morgan fingerprint density at radius 3 is 2.56 bits per heavy atom. The molecule has 4 rings (SSSR count). The predicted molar refractivity (Wildman–Crippen MR) is 97.5 cm³/mol. The summed E-state index contributed by atoms with van der Waals surface area (Å²) in [5, 5.41) is 1.29. The van der Waals surface area contributed by atoms with E-state index in [-0.39, 0.29) is 23.4 Å². The number of hydrogen-bond donors (Lipinski definition) is 0. The summed E-state index contributed by atoms with van der Waals surface area (Å²) in [7, 11) is -0.628. The topological polar surface area (TPSA) is 55.9 Å². The Bertz CT molecular complexity index is 716. The molecule has 4 nitrogen and oxygen atoms in total. The fourth-order valence-electron chi connectivity index (χ4n) is 5.75. The molecule has 25 heavy (non-hydrogen) atoms. The lowest BCUT2D eigenvalue weighted by Gasteiger charge is -2.52. The Morgan fingerprint density at radius 2 is 1.88 bits per heavy atom. The lowest BCUT2D eigenvalue weighted by Crippen LogP contribution is -2.64. The highest BCUT2D eigenvalue weighted by Gasteiger charge is 2.80. The van der Waals surface area contributed by atoms with Crippen molar-refractivity contribution in [1.29, 1.82) is 0 Å². The first kappa shape index (κ1) is 17.0. The van der Waals surface area contributed by atoms with Gasteiger partial charge in [-0.25, -0.2) is 0 Å². The summed E-state index contributed by atoms with van der Waals surface area (Å²) in [4.78, 5) is 25.9. The summed E-state index contributed by atoms with van der Waals surface area (Å²) >= 11 is 0. The largest absolute Gasteiger partial charge is 0.469 e. The quantitative estimate of drug-likeness (QED) is 0.474. The van der Waals surface area contributed by atoms with Crippen LogP contribution in [0.3, 0.4) is 0 Å². The lowest BCUT2D eigenvalue weighted by molar-refractivity contribution is -0.162. The SMILES string of the molecule is COC(=O)[C@@]12CCCC[C@@]13O[C@H]3C(=O)C[C@H]2[Si](C)(C)c1ccccc1. The van der Waals surface area contributed by atoms with Crippen molar-refractivity contribution in [3.8, 4) is 0 Å². The number of epoxide rings is 1. The molecule has 4 atom stereocenters. The van der Waals surface area contributed by atoms with Crippen molar-refractivity contribution in [2.45, 2.75) is 62.4 Å². The second kappa shape index (κ2) is 5.51. The van der Waals surface area contributed by atoms with Gasteiger partial charge < -0.3 is 9.47 Å². The molecule has 1 aromatic rings. The Kier molecular flexibility index (Phi) is 3.74. The molecule has 5 heteroatoms. The average molecular weight is 359 g/mol.